The first-order chi connectivity index (χ1) is 13.1. The van der Waals surface area contributed by atoms with Crippen molar-refractivity contribution in [1.82, 2.24) is 19.4 Å². The second-order valence-corrected chi connectivity index (χ2v) is 8.05. The molecule has 2 aliphatic rings. The van der Waals surface area contributed by atoms with E-state index in [-0.39, 0.29) is 11.6 Å². The van der Waals surface area contributed by atoms with Gasteiger partial charge in [-0.15, -0.1) is 0 Å². The minimum absolute atomic E-state index is 0.0696. The summed E-state index contributed by atoms with van der Waals surface area (Å²) in [5.41, 5.74) is 2.09. The van der Waals surface area contributed by atoms with Crippen LogP contribution in [0.2, 0.25) is 0 Å². The Morgan fingerprint density at radius 3 is 2.44 bits per heavy atom. The second kappa shape index (κ2) is 7.50. The molecule has 1 amide bonds. The van der Waals surface area contributed by atoms with Gasteiger partial charge >= 0.3 is 5.69 Å². The number of piperidine rings is 1. The fourth-order valence-corrected chi connectivity index (χ4v) is 5.08. The molecule has 0 spiro atoms. The standard InChI is InChI=1S/C21H30N4O2/c1-3-20(26)22-15-13-16-9-10-17(14-15)24(16)11-6-12-25-19-8-5-4-7-18(19)23(2)21(25)27/h4-5,7-8,15-17H,3,6,9-14H2,1-2H3,(H,22,26). The first kappa shape index (κ1) is 18.3. The van der Waals surface area contributed by atoms with E-state index in [1.165, 1.54) is 12.8 Å². The Morgan fingerprint density at radius 1 is 1.11 bits per heavy atom. The van der Waals surface area contributed by atoms with Gasteiger partial charge in [0, 0.05) is 44.7 Å². The monoisotopic (exact) mass is 370 g/mol. The van der Waals surface area contributed by atoms with Gasteiger partial charge in [-0.1, -0.05) is 19.1 Å². The Bertz CT molecular complexity index is 870. The van der Waals surface area contributed by atoms with E-state index in [4.69, 9.17) is 0 Å². The summed E-state index contributed by atoms with van der Waals surface area (Å²) < 4.78 is 3.65. The van der Waals surface area contributed by atoms with E-state index in [1.807, 2.05) is 42.8 Å². The van der Waals surface area contributed by atoms with Crippen LogP contribution in [0.4, 0.5) is 0 Å². The number of para-hydroxylation sites is 2. The first-order valence-electron chi connectivity index (χ1n) is 10.3. The summed E-state index contributed by atoms with van der Waals surface area (Å²) in [7, 11) is 1.84. The predicted octanol–water partition coefficient (Wildman–Crippen LogP) is 2.25. The molecule has 1 aromatic carbocycles. The molecule has 0 saturated carbocycles. The van der Waals surface area contributed by atoms with Gasteiger partial charge in [-0.2, -0.15) is 0 Å². The van der Waals surface area contributed by atoms with Crippen molar-refractivity contribution in [2.75, 3.05) is 6.54 Å². The lowest BCUT2D eigenvalue weighted by atomic mass is 9.97. The van der Waals surface area contributed by atoms with Crippen molar-refractivity contribution in [2.24, 2.45) is 7.05 Å². The summed E-state index contributed by atoms with van der Waals surface area (Å²) in [4.78, 5) is 26.9. The zero-order chi connectivity index (χ0) is 19.0. The molecule has 1 N–H and O–H groups in total. The number of benzene rings is 1. The third kappa shape index (κ3) is 3.43. The summed E-state index contributed by atoms with van der Waals surface area (Å²) in [5.74, 6) is 0.170. The molecule has 0 aliphatic carbocycles. The Hall–Kier alpha value is -2.08. The lowest BCUT2D eigenvalue weighted by Crippen LogP contribution is -2.50. The zero-order valence-electron chi connectivity index (χ0n) is 16.4. The van der Waals surface area contributed by atoms with Gasteiger partial charge in [0.05, 0.1) is 11.0 Å². The van der Waals surface area contributed by atoms with Gasteiger partial charge in [0.2, 0.25) is 5.91 Å². The van der Waals surface area contributed by atoms with Crippen LogP contribution in [-0.4, -0.2) is 44.6 Å². The average Bonchev–Trinajstić information content (AvgIpc) is 3.06. The molecule has 2 atom stereocenters. The normalized spacial score (nSPS) is 25.2. The molecule has 0 radical (unpaired) electrons. The number of carbonyl (C=O) groups is 1. The summed E-state index contributed by atoms with van der Waals surface area (Å²) in [6.07, 6.45) is 6.14. The minimum Gasteiger partial charge on any atom is -0.353 e. The van der Waals surface area contributed by atoms with Crippen LogP contribution in [0, 0.1) is 0 Å². The van der Waals surface area contributed by atoms with E-state index in [1.54, 1.807) is 4.57 Å². The van der Waals surface area contributed by atoms with Crippen LogP contribution >= 0.6 is 0 Å². The highest BCUT2D eigenvalue weighted by molar-refractivity contribution is 5.76. The number of carbonyl (C=O) groups excluding carboxylic acids is 1. The van der Waals surface area contributed by atoms with Gasteiger partial charge in [-0.05, 0) is 44.2 Å². The highest BCUT2D eigenvalue weighted by Crippen LogP contribution is 2.35. The van der Waals surface area contributed by atoms with E-state index in [0.717, 1.165) is 43.4 Å². The van der Waals surface area contributed by atoms with Crippen LogP contribution in [0.25, 0.3) is 11.0 Å². The molecule has 4 rings (SSSR count). The SMILES string of the molecule is CCC(=O)NC1CC2CCC(C1)N2CCCn1c(=O)n(C)c2ccccc21. The van der Waals surface area contributed by atoms with Crippen LogP contribution in [0.15, 0.2) is 29.1 Å². The van der Waals surface area contributed by atoms with Gasteiger partial charge in [-0.25, -0.2) is 4.79 Å². The molecule has 6 nitrogen and oxygen atoms in total. The zero-order valence-corrected chi connectivity index (χ0v) is 16.4. The van der Waals surface area contributed by atoms with E-state index in [0.29, 0.717) is 24.5 Å². The summed E-state index contributed by atoms with van der Waals surface area (Å²) in [6, 6.07) is 9.50. The van der Waals surface area contributed by atoms with E-state index in [2.05, 4.69) is 10.2 Å². The molecule has 2 aliphatic heterocycles. The molecule has 146 valence electrons. The van der Waals surface area contributed by atoms with Gasteiger partial charge in [0.25, 0.3) is 0 Å². The maximum absolute atomic E-state index is 12.6. The van der Waals surface area contributed by atoms with Crippen molar-refractivity contribution in [2.45, 2.75) is 70.1 Å². The minimum atomic E-state index is 0.0696. The number of aromatic nitrogens is 2. The van der Waals surface area contributed by atoms with Crippen LogP contribution < -0.4 is 11.0 Å². The number of hydrogen-bond donors (Lipinski definition) is 1. The molecule has 2 aromatic rings. The fraction of sp³-hybridized carbons (Fsp3) is 0.619. The Morgan fingerprint density at radius 2 is 1.78 bits per heavy atom. The third-order valence-corrected chi connectivity index (χ3v) is 6.42. The molecular formula is C21H30N4O2. The summed E-state index contributed by atoms with van der Waals surface area (Å²) >= 11 is 0. The lowest BCUT2D eigenvalue weighted by molar-refractivity contribution is -0.122. The molecule has 6 heteroatoms. The molecule has 27 heavy (non-hydrogen) atoms. The number of imidazole rings is 1. The second-order valence-electron chi connectivity index (χ2n) is 8.05. The van der Waals surface area contributed by atoms with Crippen molar-refractivity contribution >= 4 is 16.9 Å². The predicted molar refractivity (Wildman–Crippen MR) is 107 cm³/mol. The molecule has 2 bridgehead atoms. The topological polar surface area (TPSA) is 59.3 Å². The van der Waals surface area contributed by atoms with Crippen LogP contribution in [-0.2, 0) is 18.4 Å². The Balaban J connectivity index is 1.38. The molecule has 2 fully saturated rings. The van der Waals surface area contributed by atoms with Gasteiger partial charge < -0.3 is 5.32 Å². The van der Waals surface area contributed by atoms with E-state index < -0.39 is 0 Å². The average molecular weight is 370 g/mol. The Kier molecular flexibility index (Phi) is 5.08. The van der Waals surface area contributed by atoms with Crippen molar-refractivity contribution in [3.63, 3.8) is 0 Å². The van der Waals surface area contributed by atoms with E-state index in [9.17, 15) is 9.59 Å². The van der Waals surface area contributed by atoms with Crippen molar-refractivity contribution in [3.8, 4) is 0 Å². The number of rotatable bonds is 6. The smallest absolute Gasteiger partial charge is 0.328 e. The molecular weight excluding hydrogens is 340 g/mol. The molecule has 2 unspecified atom stereocenters. The molecule has 2 saturated heterocycles. The van der Waals surface area contributed by atoms with Crippen LogP contribution in [0.3, 0.4) is 0 Å². The van der Waals surface area contributed by atoms with Crippen molar-refractivity contribution in [1.29, 1.82) is 0 Å². The van der Waals surface area contributed by atoms with Crippen LogP contribution in [0.1, 0.15) is 45.4 Å². The van der Waals surface area contributed by atoms with Crippen molar-refractivity contribution in [3.05, 3.63) is 34.7 Å². The number of aryl methyl sites for hydroxylation is 2. The van der Waals surface area contributed by atoms with Gasteiger partial charge in [-0.3, -0.25) is 18.8 Å². The van der Waals surface area contributed by atoms with Crippen LogP contribution in [0.5, 0.6) is 0 Å². The molecule has 1 aromatic heterocycles. The summed E-state index contributed by atoms with van der Waals surface area (Å²) in [6.45, 7) is 3.69. The number of amides is 1. The van der Waals surface area contributed by atoms with Gasteiger partial charge in [0.1, 0.15) is 0 Å². The number of fused-ring (bicyclic) bond motifs is 3. The molecule has 3 heterocycles. The maximum Gasteiger partial charge on any atom is 0.328 e. The Labute approximate surface area is 160 Å². The summed E-state index contributed by atoms with van der Waals surface area (Å²) in [5, 5.41) is 3.19. The van der Waals surface area contributed by atoms with Gasteiger partial charge in [0.15, 0.2) is 0 Å². The highest BCUT2D eigenvalue weighted by atomic mass is 16.2. The number of nitrogens with one attached hydrogen (secondary N) is 1. The quantitative estimate of drug-likeness (QED) is 0.848. The fourth-order valence-electron chi connectivity index (χ4n) is 5.08. The third-order valence-electron chi connectivity index (χ3n) is 6.42. The lowest BCUT2D eigenvalue weighted by Gasteiger charge is -2.39. The number of hydrogen-bond acceptors (Lipinski definition) is 3. The maximum atomic E-state index is 12.6. The number of nitrogens with zero attached hydrogens (tertiary/aromatic N) is 3. The first-order valence-corrected chi connectivity index (χ1v) is 10.3. The van der Waals surface area contributed by atoms with E-state index >= 15 is 0 Å². The van der Waals surface area contributed by atoms with Crippen molar-refractivity contribution < 1.29 is 4.79 Å². The largest absolute Gasteiger partial charge is 0.353 e. The highest BCUT2D eigenvalue weighted by Gasteiger charge is 2.40.